The van der Waals surface area contributed by atoms with Gasteiger partial charge in [0, 0.05) is 5.56 Å². The molecule has 26 heavy (non-hydrogen) atoms. The zero-order chi connectivity index (χ0) is 19.1. The summed E-state index contributed by atoms with van der Waals surface area (Å²) in [4.78, 5) is 25.2. The topological polar surface area (TPSA) is 58.2 Å². The van der Waals surface area contributed by atoms with Gasteiger partial charge < -0.3 is 10.6 Å². The van der Waals surface area contributed by atoms with Crippen LogP contribution in [0.15, 0.2) is 54.6 Å². The van der Waals surface area contributed by atoms with Crippen LogP contribution in [0.1, 0.15) is 49.2 Å². The number of amides is 2. The molecule has 2 aromatic rings. The van der Waals surface area contributed by atoms with E-state index in [-0.39, 0.29) is 17.9 Å². The number of halogens is 1. The van der Waals surface area contributed by atoms with Gasteiger partial charge in [-0.1, -0.05) is 50.6 Å². The molecule has 0 bridgehead atoms. The molecule has 4 nitrogen and oxygen atoms in total. The highest BCUT2D eigenvalue weighted by molar-refractivity contribution is 5.97. The van der Waals surface area contributed by atoms with Gasteiger partial charge in [0.05, 0.1) is 6.04 Å². The average Bonchev–Trinajstić information content (AvgIpc) is 2.66. The van der Waals surface area contributed by atoms with Crippen LogP contribution < -0.4 is 10.6 Å². The fourth-order valence-corrected chi connectivity index (χ4v) is 2.66. The van der Waals surface area contributed by atoms with Crippen molar-refractivity contribution >= 4 is 11.8 Å². The van der Waals surface area contributed by atoms with Crippen molar-refractivity contribution in [3.63, 3.8) is 0 Å². The average molecular weight is 356 g/mol. The third-order valence-electron chi connectivity index (χ3n) is 4.55. The number of hydrogen-bond acceptors (Lipinski definition) is 2. The Balaban J connectivity index is 2.09. The van der Waals surface area contributed by atoms with Gasteiger partial charge in [-0.2, -0.15) is 0 Å². The lowest BCUT2D eigenvalue weighted by Gasteiger charge is -2.25. The molecule has 0 spiro atoms. The van der Waals surface area contributed by atoms with E-state index in [0.29, 0.717) is 5.56 Å². The van der Waals surface area contributed by atoms with E-state index in [4.69, 9.17) is 0 Å². The van der Waals surface area contributed by atoms with Crippen molar-refractivity contribution in [2.75, 3.05) is 0 Å². The third kappa shape index (κ3) is 5.15. The van der Waals surface area contributed by atoms with Gasteiger partial charge in [-0.25, -0.2) is 4.39 Å². The highest BCUT2D eigenvalue weighted by Gasteiger charge is 2.27. The SMILES string of the molecule is CC[C@@H](C)[C@@H](NC(=O)c1ccc(F)cc1)C(=O)N[C@@H](C)c1ccccc1. The van der Waals surface area contributed by atoms with E-state index in [9.17, 15) is 14.0 Å². The molecule has 0 saturated carbocycles. The summed E-state index contributed by atoms with van der Waals surface area (Å²) in [5.41, 5.74) is 1.32. The van der Waals surface area contributed by atoms with Crippen molar-refractivity contribution in [2.24, 2.45) is 5.92 Å². The summed E-state index contributed by atoms with van der Waals surface area (Å²) in [5.74, 6) is -1.07. The van der Waals surface area contributed by atoms with Gasteiger partial charge in [0.25, 0.3) is 5.91 Å². The van der Waals surface area contributed by atoms with Crippen LogP contribution in [-0.2, 0) is 4.79 Å². The third-order valence-corrected chi connectivity index (χ3v) is 4.55. The lowest BCUT2D eigenvalue weighted by Crippen LogP contribution is -2.50. The first-order valence-corrected chi connectivity index (χ1v) is 8.84. The van der Waals surface area contributed by atoms with E-state index < -0.39 is 17.8 Å². The van der Waals surface area contributed by atoms with Gasteiger partial charge in [-0.15, -0.1) is 0 Å². The normalized spacial score (nSPS) is 14.2. The smallest absolute Gasteiger partial charge is 0.251 e. The second-order valence-corrected chi connectivity index (χ2v) is 6.48. The number of benzene rings is 2. The minimum atomic E-state index is -0.663. The zero-order valence-corrected chi connectivity index (χ0v) is 15.3. The Morgan fingerprint density at radius 2 is 1.58 bits per heavy atom. The Morgan fingerprint density at radius 1 is 0.962 bits per heavy atom. The van der Waals surface area contributed by atoms with E-state index in [1.54, 1.807) is 0 Å². The summed E-state index contributed by atoms with van der Waals surface area (Å²) in [6, 6.07) is 14.1. The van der Waals surface area contributed by atoms with Crippen LogP contribution in [0, 0.1) is 11.7 Å². The second kappa shape index (κ2) is 9.13. The highest BCUT2D eigenvalue weighted by Crippen LogP contribution is 2.15. The molecule has 138 valence electrons. The van der Waals surface area contributed by atoms with Crippen LogP contribution in [0.3, 0.4) is 0 Å². The van der Waals surface area contributed by atoms with Gasteiger partial charge in [0.15, 0.2) is 0 Å². The highest BCUT2D eigenvalue weighted by atomic mass is 19.1. The van der Waals surface area contributed by atoms with Crippen molar-refractivity contribution in [3.05, 3.63) is 71.5 Å². The molecule has 2 amide bonds. The van der Waals surface area contributed by atoms with Gasteiger partial charge in [-0.05, 0) is 42.7 Å². The monoisotopic (exact) mass is 356 g/mol. The van der Waals surface area contributed by atoms with Crippen LogP contribution in [0.2, 0.25) is 0 Å². The summed E-state index contributed by atoms with van der Waals surface area (Å²) in [6.07, 6.45) is 0.738. The fourth-order valence-electron chi connectivity index (χ4n) is 2.66. The predicted octanol–water partition coefficient (Wildman–Crippen LogP) is 3.85. The molecule has 2 N–H and O–H groups in total. The first-order valence-electron chi connectivity index (χ1n) is 8.84. The number of carbonyl (C=O) groups is 2. The maximum Gasteiger partial charge on any atom is 0.251 e. The molecule has 0 aliphatic carbocycles. The minimum absolute atomic E-state index is 0.0395. The second-order valence-electron chi connectivity index (χ2n) is 6.48. The Morgan fingerprint density at radius 3 is 2.15 bits per heavy atom. The predicted molar refractivity (Wildman–Crippen MR) is 100 cm³/mol. The van der Waals surface area contributed by atoms with E-state index in [1.165, 1.54) is 24.3 Å². The van der Waals surface area contributed by atoms with Gasteiger partial charge in [0.2, 0.25) is 5.91 Å². The molecule has 0 saturated heterocycles. The van der Waals surface area contributed by atoms with Gasteiger partial charge in [-0.3, -0.25) is 9.59 Å². The molecule has 0 radical (unpaired) electrons. The summed E-state index contributed by atoms with van der Waals surface area (Å²) < 4.78 is 13.0. The Labute approximate surface area is 153 Å². The molecule has 5 heteroatoms. The molecule has 2 rings (SSSR count). The Kier molecular flexibility index (Phi) is 6.89. The van der Waals surface area contributed by atoms with E-state index >= 15 is 0 Å². The molecular weight excluding hydrogens is 331 g/mol. The standard InChI is InChI=1S/C21H25FN2O2/c1-4-14(2)19(24-20(25)17-10-12-18(22)13-11-17)21(26)23-15(3)16-8-6-5-7-9-16/h5-15,19H,4H2,1-3H3,(H,23,26)(H,24,25)/t14-,15+,19-/m1/s1. The lowest BCUT2D eigenvalue weighted by atomic mass is 9.97. The first-order chi connectivity index (χ1) is 12.4. The molecule has 0 heterocycles. The van der Waals surface area contributed by atoms with Crippen LogP contribution in [-0.4, -0.2) is 17.9 Å². The van der Waals surface area contributed by atoms with Crippen molar-refractivity contribution in [1.29, 1.82) is 0 Å². The summed E-state index contributed by atoms with van der Waals surface area (Å²) in [5, 5.41) is 5.75. The fraction of sp³-hybridized carbons (Fsp3) is 0.333. The lowest BCUT2D eigenvalue weighted by molar-refractivity contribution is -0.124. The number of rotatable bonds is 7. The number of hydrogen-bond donors (Lipinski definition) is 2. The van der Waals surface area contributed by atoms with Crippen LogP contribution in [0.5, 0.6) is 0 Å². The minimum Gasteiger partial charge on any atom is -0.348 e. The largest absolute Gasteiger partial charge is 0.348 e. The van der Waals surface area contributed by atoms with Crippen LogP contribution in [0.4, 0.5) is 4.39 Å². The van der Waals surface area contributed by atoms with Gasteiger partial charge in [0.1, 0.15) is 11.9 Å². The molecule has 0 unspecified atom stereocenters. The first kappa shape index (κ1) is 19.6. The van der Waals surface area contributed by atoms with Crippen LogP contribution in [0.25, 0.3) is 0 Å². The number of carbonyl (C=O) groups excluding carboxylic acids is 2. The van der Waals surface area contributed by atoms with E-state index in [0.717, 1.165) is 12.0 Å². The maximum absolute atomic E-state index is 13.0. The molecular formula is C21H25FN2O2. The molecule has 0 aliphatic heterocycles. The summed E-state index contributed by atoms with van der Waals surface area (Å²) >= 11 is 0. The molecule has 0 aromatic heterocycles. The maximum atomic E-state index is 13.0. The van der Waals surface area contributed by atoms with Crippen molar-refractivity contribution < 1.29 is 14.0 Å². The number of nitrogens with one attached hydrogen (secondary N) is 2. The van der Waals surface area contributed by atoms with E-state index in [2.05, 4.69) is 10.6 Å². The molecule has 0 aliphatic rings. The molecule has 0 fully saturated rings. The van der Waals surface area contributed by atoms with Crippen molar-refractivity contribution in [2.45, 2.75) is 39.3 Å². The zero-order valence-electron chi connectivity index (χ0n) is 15.3. The van der Waals surface area contributed by atoms with Crippen LogP contribution >= 0.6 is 0 Å². The van der Waals surface area contributed by atoms with Crippen molar-refractivity contribution in [3.8, 4) is 0 Å². The van der Waals surface area contributed by atoms with Crippen molar-refractivity contribution in [1.82, 2.24) is 10.6 Å². The Hall–Kier alpha value is -2.69. The Bertz CT molecular complexity index is 731. The molecule has 3 atom stereocenters. The summed E-state index contributed by atoms with van der Waals surface area (Å²) in [7, 11) is 0. The van der Waals surface area contributed by atoms with Gasteiger partial charge >= 0.3 is 0 Å². The quantitative estimate of drug-likeness (QED) is 0.792. The summed E-state index contributed by atoms with van der Waals surface area (Å²) in [6.45, 7) is 5.79. The molecule has 2 aromatic carbocycles. The van der Waals surface area contributed by atoms with E-state index in [1.807, 2.05) is 51.1 Å².